The number of carboxylic acids is 1. The molecule has 0 bridgehead atoms. The van der Waals surface area contributed by atoms with Gasteiger partial charge in [0.25, 0.3) is 5.95 Å². The highest BCUT2D eigenvalue weighted by Gasteiger charge is 2.28. The first kappa shape index (κ1) is 150. The van der Waals surface area contributed by atoms with Gasteiger partial charge in [-0.2, -0.15) is 15.3 Å². The van der Waals surface area contributed by atoms with E-state index in [9.17, 15) is 77.1 Å². The highest BCUT2D eigenvalue weighted by atomic mass is 32.2. The third-order valence-electron chi connectivity index (χ3n) is 14.3. The van der Waals surface area contributed by atoms with Gasteiger partial charge in [-0.05, 0) is 106 Å². The molecule has 774 valence electrons. The maximum atomic E-state index is 11.3. The molecule has 11 N–H and O–H groups in total. The number of ether oxygens (including phenoxy) is 1. The van der Waals surface area contributed by atoms with Crippen molar-refractivity contribution in [1.29, 1.82) is 0 Å². The molecule has 132 heavy (non-hydrogen) atoms. The van der Waals surface area contributed by atoms with Gasteiger partial charge in [-0.1, -0.05) is 240 Å². The van der Waals surface area contributed by atoms with Gasteiger partial charge in [-0.3, -0.25) is 68.5 Å². The van der Waals surface area contributed by atoms with Gasteiger partial charge in [0.05, 0.1) is 52.8 Å². The number of aliphatic hydroxyl groups is 1. The van der Waals surface area contributed by atoms with E-state index in [1.54, 1.807) is 115 Å². The summed E-state index contributed by atoms with van der Waals surface area (Å²) < 4.78 is 102. The number of rotatable bonds is 11. The zero-order valence-corrected chi connectivity index (χ0v) is 86.0. The fourth-order valence-electron chi connectivity index (χ4n) is 5.66. The number of hydrogen-bond donors (Lipinski definition) is 11. The van der Waals surface area contributed by atoms with Crippen molar-refractivity contribution in [3.63, 3.8) is 0 Å². The number of amides is 6. The summed E-state index contributed by atoms with van der Waals surface area (Å²) in [5, 5.41) is 46.6. The Balaban J connectivity index is -0.000000106. The Morgan fingerprint density at radius 2 is 1.05 bits per heavy atom. The van der Waals surface area contributed by atoms with Gasteiger partial charge in [-0.25, -0.2) is 53.9 Å². The van der Waals surface area contributed by atoms with E-state index in [4.69, 9.17) is 14.5 Å². The second-order valence-electron chi connectivity index (χ2n) is 37.7. The van der Waals surface area contributed by atoms with Crippen LogP contribution in [-0.2, 0) is 93.3 Å². The minimum Gasteiger partial charge on any atom is -0.511 e. The van der Waals surface area contributed by atoms with Gasteiger partial charge in [0.15, 0.2) is 0 Å². The number of carbonyl (C=O) groups is 8. The van der Waals surface area contributed by atoms with Gasteiger partial charge in [0.1, 0.15) is 45.2 Å². The van der Waals surface area contributed by atoms with Crippen molar-refractivity contribution in [2.24, 2.45) is 53.8 Å². The maximum absolute atomic E-state index is 11.3. The van der Waals surface area contributed by atoms with E-state index >= 15 is 0 Å². The lowest BCUT2D eigenvalue weighted by Gasteiger charge is -2.16. The lowest BCUT2D eigenvalue weighted by molar-refractivity contribution is -0.146. The number of sulfonamides is 3. The molecular formula is C89H178N18O21S4. The van der Waals surface area contributed by atoms with Crippen LogP contribution in [0.15, 0.2) is 87.2 Å². The number of amidine groups is 1. The van der Waals surface area contributed by atoms with Crippen LogP contribution in [0, 0.1) is 50.7 Å². The molecule has 43 heteroatoms. The van der Waals surface area contributed by atoms with Crippen molar-refractivity contribution in [2.75, 3.05) is 43.3 Å². The van der Waals surface area contributed by atoms with Crippen molar-refractivity contribution in [1.82, 2.24) is 71.5 Å². The van der Waals surface area contributed by atoms with Gasteiger partial charge >= 0.3 is 11.9 Å². The van der Waals surface area contributed by atoms with E-state index in [-0.39, 0.29) is 107 Å². The number of imide groups is 1. The second kappa shape index (κ2) is 67.3. The van der Waals surface area contributed by atoms with Crippen LogP contribution in [0.25, 0.3) is 0 Å². The Labute approximate surface area is 795 Å². The van der Waals surface area contributed by atoms with Crippen molar-refractivity contribution in [2.45, 2.75) is 335 Å². The summed E-state index contributed by atoms with van der Waals surface area (Å²) >= 11 is 0. The molecule has 6 heterocycles. The van der Waals surface area contributed by atoms with Gasteiger partial charge < -0.3 is 29.6 Å². The first-order valence-electron chi connectivity index (χ1n) is 39.8. The number of tetrazole rings is 1. The largest absolute Gasteiger partial charge is 0.511 e. The molecule has 0 aliphatic carbocycles. The predicted molar refractivity (Wildman–Crippen MR) is 537 cm³/mol. The average Bonchev–Trinajstić information content (AvgIpc) is 1.52. The van der Waals surface area contributed by atoms with Crippen molar-refractivity contribution < 1.29 is 96.3 Å². The Morgan fingerprint density at radius 1 is 0.598 bits per heavy atom. The standard InChI is InChI=1S/C9H15N.C8H12N2O2S.C8H14O3.C7H12N2O.C7H13NO2.C7H11NO.C6H11N5O.C6H11N3.C6H13NO3S.C5H11NO3S.C5H11NO.C5H10O2.C4H10O2S.6CH4/c1-7-5-8(10-6-7)9(2,3)4;1-7(2)13(11,12)10-8-5-3-4-6-9-8;1-8(2,3)6(9)5-7(10)11-4;1-5-8-6(9-10-5)7(2,3)4;1-5(9)8-6(10)7(2,3)4;1-5(2)7-4-6(3)8-9-7;1-6(2,3)4(12)7-5-8-10-11-9-5;1-6(2,3)5-7-4-8-9-5;1-6(2,3)5(8)7-11(4,9)10;1-4(2)10(8,9)6-5(3)7;1-4(2)5(7)6-3;1-5(2,3)4(6)7;1-4(2)7(3,5)6;;;;;;/h5H,6H2,1-4H3;3-7H,1-2H3,(H,9,10);5,9H,1-4H3;1H2,2-4H3,(H,8,9);1-4H3,(H,8,9,10);4-5H,1-3H3;1-3H3,(H2,7,8,9,10,11,12);4H,1-3H3,(H,7,8,9);1-4H3,(H,7,8);4H,1-3H3,(H,6,7);4H,1-3H3,(H,6,7);1-3H3,(H,6,7);4H,1-3H3;6*1H4. The smallest absolute Gasteiger partial charge is 0.333 e. The van der Waals surface area contributed by atoms with Crippen LogP contribution in [0.1, 0.15) is 324 Å². The molecule has 0 atom stereocenters. The molecule has 2 aliphatic heterocycles. The summed E-state index contributed by atoms with van der Waals surface area (Å²) in [5.41, 5.74) is 4.05. The van der Waals surface area contributed by atoms with Crippen LogP contribution in [0.3, 0.4) is 0 Å². The molecule has 0 radical (unpaired) electrons. The molecule has 4 aromatic heterocycles. The molecule has 4 aromatic rings. The fourth-order valence-corrected chi connectivity index (χ4v) is 7.59. The van der Waals surface area contributed by atoms with Gasteiger partial charge in [0.2, 0.25) is 71.4 Å². The summed E-state index contributed by atoms with van der Waals surface area (Å²) in [6, 6.07) is 7.03. The molecule has 0 aromatic carbocycles. The number of anilines is 2. The van der Waals surface area contributed by atoms with Crippen LogP contribution < -0.4 is 35.6 Å². The number of aromatic amines is 2. The number of sulfone groups is 1. The number of hydroxylamine groups is 1. The van der Waals surface area contributed by atoms with Crippen molar-refractivity contribution >= 4 is 111 Å². The van der Waals surface area contributed by atoms with Crippen molar-refractivity contribution in [3.05, 3.63) is 90.0 Å². The topological polar surface area (TPSA) is 576 Å². The number of aromatic nitrogens is 9. The number of H-pyrrole nitrogens is 2. The number of carbonyl (C=O) groups excluding carboxylic acids is 7. The molecule has 6 amide bonds. The molecular weight excluding hydrogens is 1790 g/mol. The number of aliphatic imine (C=N–C) groups is 2. The van der Waals surface area contributed by atoms with Crippen LogP contribution in [0.4, 0.5) is 11.8 Å². The number of methoxy groups -OCH3 is 1. The first-order valence-corrected chi connectivity index (χ1v) is 46.7. The predicted octanol–water partition coefficient (Wildman–Crippen LogP) is 16.6. The van der Waals surface area contributed by atoms with Crippen LogP contribution >= 0.6 is 0 Å². The second-order valence-corrected chi connectivity index (χ2v) is 46.5. The Bertz CT molecular complexity index is 4560. The monoisotopic (exact) mass is 1960 g/mol. The molecule has 39 nitrogen and oxygen atoms in total. The summed E-state index contributed by atoms with van der Waals surface area (Å²) in [6.45, 7) is 73.5. The van der Waals surface area contributed by atoms with E-state index in [1.807, 2.05) is 77.8 Å². The normalized spacial score (nSPS) is 12.1. The molecule has 0 saturated heterocycles. The number of pyridine rings is 1. The van der Waals surface area contributed by atoms with E-state index in [2.05, 4.69) is 183 Å². The Kier molecular flexibility index (Phi) is 76.7. The fraction of sp³-hybridized carbons (Fsp3) is 0.697. The number of aliphatic carboxylic acids is 1. The summed E-state index contributed by atoms with van der Waals surface area (Å²) in [6.07, 6.45) is 8.53. The number of carboxylic acid groups (broad SMARTS) is 1. The molecule has 0 saturated carbocycles. The third-order valence-corrected chi connectivity index (χ3v) is 20.1. The Morgan fingerprint density at radius 3 is 1.24 bits per heavy atom. The number of aliphatic hydroxyl groups excluding tert-OH is 1. The van der Waals surface area contributed by atoms with E-state index in [0.717, 1.165) is 42.0 Å². The summed E-state index contributed by atoms with van der Waals surface area (Å²) in [5.74, 6) is 1.42. The molecule has 0 unspecified atom stereocenters. The van der Waals surface area contributed by atoms with Crippen LogP contribution in [0.5, 0.6) is 0 Å². The minimum atomic E-state index is -3.41. The summed E-state index contributed by atoms with van der Waals surface area (Å²) in [4.78, 5) is 106. The van der Waals surface area contributed by atoms with E-state index < -0.39 is 101 Å². The number of hydrogen-bond acceptors (Lipinski definition) is 30. The highest BCUT2D eigenvalue weighted by molar-refractivity contribution is 7.93. The highest BCUT2D eigenvalue weighted by Crippen LogP contribution is 2.25. The number of esters is 1. The number of nitrogens with one attached hydrogen (secondary N) is 9. The third kappa shape index (κ3) is 82.0. The maximum Gasteiger partial charge on any atom is 0.333 e. The molecule has 2 aliphatic rings. The molecule has 6 rings (SSSR count). The number of nitrogens with zero attached hydrogens (tertiary/aromatic N) is 9. The summed E-state index contributed by atoms with van der Waals surface area (Å²) in [7, 11) is -9.89. The Hall–Kier alpha value is -9.91. The van der Waals surface area contributed by atoms with E-state index in [0.29, 0.717) is 17.6 Å². The lowest BCUT2D eigenvalue weighted by atomic mass is 9.90. The zero-order valence-electron chi connectivity index (χ0n) is 82.7. The van der Waals surface area contributed by atoms with Gasteiger partial charge in [0, 0.05) is 94.9 Å². The average molecular weight is 1960 g/mol. The quantitative estimate of drug-likeness (QED) is 0.0377. The van der Waals surface area contributed by atoms with Gasteiger partial charge in [-0.15, -0.1) is 5.10 Å². The molecule has 0 fully saturated rings. The minimum absolute atomic E-state index is 0. The van der Waals surface area contributed by atoms with E-state index in [1.165, 1.54) is 64.9 Å². The SMILES string of the molecule is C.C.C.C.C.C.C=C1N=C(C(C)(C)C)NO1.CC(=O)NC(=O)C(C)(C)C.CC(=O)NS(=O)(=O)C(C)C.CC(C)(C)C(=O)NS(C)(=O)=O.CC(C)(C)C(=O)Nc1nn[nH]n1.CC(C)(C)C(=O)O.CC(C)(C)c1ncn[nH]1.CC(C)S(=O)(=O)Nc1ccccn1.CC(C)S(C)(=O)=O.CC1=CC(C(C)(C)C)=NC1.CNC(=O)C(C)C.COC(=O)C=C(O)C(C)(C)C.Cc1cc(C(C)C)on1. The number of allylic oxidation sites excluding steroid dienone is 2. The van der Waals surface area contributed by atoms with Crippen LogP contribution in [-0.4, -0.2) is 198 Å². The number of aryl methyl sites for hydroxylation is 1. The molecule has 0 spiro atoms. The van der Waals surface area contributed by atoms with Crippen molar-refractivity contribution in [3.8, 4) is 0 Å². The van der Waals surface area contributed by atoms with Crippen LogP contribution in [0.2, 0.25) is 0 Å². The zero-order chi connectivity index (χ0) is 101. The first-order chi connectivity index (χ1) is 56.1. The lowest BCUT2D eigenvalue weighted by Crippen LogP contribution is -2.38.